The fourth-order valence-electron chi connectivity index (χ4n) is 0.338. The van der Waals surface area contributed by atoms with Gasteiger partial charge in [0.1, 0.15) is 0 Å². The average Bonchev–Trinajstić information content (AvgIpc) is 1.69. The highest BCUT2D eigenvalue weighted by Crippen LogP contribution is 1.50. The molecule has 2 heteroatoms. The zero-order chi connectivity index (χ0) is 5.54. The molecule has 2 nitrogen and oxygen atoms in total. The minimum atomic E-state index is 0.938. The Labute approximate surface area is 45.3 Å². The van der Waals surface area contributed by atoms with Crippen molar-refractivity contribution in [3.8, 4) is 0 Å². The van der Waals surface area contributed by atoms with Gasteiger partial charge in [-0.05, 0) is 13.1 Å². The number of rotatable bonds is 4. The number of hydrogen-bond acceptors (Lipinski definition) is 2. The van der Waals surface area contributed by atoms with E-state index in [1.165, 1.54) is 0 Å². The predicted molar refractivity (Wildman–Crippen MR) is 32.2 cm³/mol. The summed E-state index contributed by atoms with van der Waals surface area (Å²) in [6.07, 6.45) is 0. The van der Waals surface area contributed by atoms with Crippen LogP contribution >= 0.6 is 0 Å². The van der Waals surface area contributed by atoms with Crippen LogP contribution in [0.25, 0.3) is 0 Å². The van der Waals surface area contributed by atoms with Crippen LogP contribution in [0.1, 0.15) is 13.8 Å². The first-order valence-electron chi connectivity index (χ1n) is 2.83. The van der Waals surface area contributed by atoms with Gasteiger partial charge in [0.05, 0.1) is 0 Å². The fraction of sp³-hybridized carbons (Fsp3) is 1.00. The SMILES string of the molecule is CCNCNCC. The van der Waals surface area contributed by atoms with Crippen LogP contribution in [0.5, 0.6) is 0 Å². The molecule has 44 valence electrons. The maximum atomic E-state index is 3.14. The first-order chi connectivity index (χ1) is 3.41. The Balaban J connectivity index is 2.45. The first kappa shape index (κ1) is 6.92. The summed E-state index contributed by atoms with van der Waals surface area (Å²) in [6, 6.07) is 0. The fourth-order valence-corrected chi connectivity index (χ4v) is 0.338. The second-order valence-corrected chi connectivity index (χ2v) is 1.38. The van der Waals surface area contributed by atoms with Crippen molar-refractivity contribution >= 4 is 0 Å². The van der Waals surface area contributed by atoms with E-state index in [9.17, 15) is 0 Å². The smallest absolute Gasteiger partial charge is 0.0454 e. The molecule has 0 aromatic rings. The molecule has 0 atom stereocenters. The second kappa shape index (κ2) is 5.92. The van der Waals surface area contributed by atoms with Crippen LogP contribution in [0, 0.1) is 0 Å². The van der Waals surface area contributed by atoms with Crippen molar-refractivity contribution in [2.45, 2.75) is 13.8 Å². The van der Waals surface area contributed by atoms with Crippen LogP contribution in [0.4, 0.5) is 0 Å². The molecule has 0 fully saturated rings. The number of nitrogens with one attached hydrogen (secondary N) is 2. The summed E-state index contributed by atoms with van der Waals surface area (Å²) in [7, 11) is 0. The molecule has 0 saturated heterocycles. The molecule has 0 aromatic heterocycles. The number of hydrogen-bond donors (Lipinski definition) is 2. The van der Waals surface area contributed by atoms with Crippen LogP contribution in [0.15, 0.2) is 0 Å². The quantitative estimate of drug-likeness (QED) is 0.390. The van der Waals surface area contributed by atoms with E-state index in [4.69, 9.17) is 0 Å². The zero-order valence-corrected chi connectivity index (χ0v) is 5.12. The molecule has 2 N–H and O–H groups in total. The van der Waals surface area contributed by atoms with E-state index < -0.39 is 0 Å². The lowest BCUT2D eigenvalue weighted by Crippen LogP contribution is -2.28. The molecule has 7 heavy (non-hydrogen) atoms. The summed E-state index contributed by atoms with van der Waals surface area (Å²) in [6.45, 7) is 7.22. The lowest BCUT2D eigenvalue weighted by Gasteiger charge is -1.98. The Morgan fingerprint density at radius 3 is 1.71 bits per heavy atom. The summed E-state index contributed by atoms with van der Waals surface area (Å²) in [5, 5.41) is 6.28. The third-order valence-corrected chi connectivity index (χ3v) is 0.750. The van der Waals surface area contributed by atoms with Crippen LogP contribution in [-0.4, -0.2) is 19.8 Å². The zero-order valence-electron chi connectivity index (χ0n) is 5.12. The van der Waals surface area contributed by atoms with Crippen LogP contribution < -0.4 is 10.6 Å². The van der Waals surface area contributed by atoms with Gasteiger partial charge in [0, 0.05) is 6.67 Å². The Morgan fingerprint density at radius 1 is 1.00 bits per heavy atom. The van der Waals surface area contributed by atoms with Crippen molar-refractivity contribution in [2.75, 3.05) is 19.8 Å². The minimum absolute atomic E-state index is 0.938. The summed E-state index contributed by atoms with van der Waals surface area (Å²) in [5.41, 5.74) is 0. The van der Waals surface area contributed by atoms with E-state index in [-0.39, 0.29) is 0 Å². The van der Waals surface area contributed by atoms with Gasteiger partial charge in [0.15, 0.2) is 0 Å². The molecule has 0 aliphatic heterocycles. The minimum Gasteiger partial charge on any atom is -0.305 e. The normalized spacial score (nSPS) is 9.43. The Bertz CT molecular complexity index is 25.3. The van der Waals surface area contributed by atoms with Gasteiger partial charge in [-0.15, -0.1) is 0 Å². The summed E-state index contributed by atoms with van der Waals surface area (Å²) < 4.78 is 0. The molecule has 0 rings (SSSR count). The molecule has 0 unspecified atom stereocenters. The summed E-state index contributed by atoms with van der Waals surface area (Å²) >= 11 is 0. The molecule has 0 aliphatic carbocycles. The van der Waals surface area contributed by atoms with Crippen molar-refractivity contribution in [1.82, 2.24) is 10.6 Å². The summed E-state index contributed by atoms with van der Waals surface area (Å²) in [5.74, 6) is 0. The highest BCUT2D eigenvalue weighted by atomic mass is 15.0. The third kappa shape index (κ3) is 5.92. The topological polar surface area (TPSA) is 24.1 Å². The largest absolute Gasteiger partial charge is 0.305 e. The molecular formula is C5H14N2. The molecule has 0 amide bonds. The molecule has 0 radical (unpaired) electrons. The predicted octanol–water partition coefficient (Wildman–Crippen LogP) is 0.163. The van der Waals surface area contributed by atoms with Crippen LogP contribution in [-0.2, 0) is 0 Å². The van der Waals surface area contributed by atoms with Crippen molar-refractivity contribution in [1.29, 1.82) is 0 Å². The van der Waals surface area contributed by atoms with E-state index >= 15 is 0 Å². The molecule has 0 spiro atoms. The lowest BCUT2D eigenvalue weighted by atomic mass is 10.7. The lowest BCUT2D eigenvalue weighted by molar-refractivity contribution is 0.616. The van der Waals surface area contributed by atoms with Crippen molar-refractivity contribution in [3.63, 3.8) is 0 Å². The van der Waals surface area contributed by atoms with Gasteiger partial charge >= 0.3 is 0 Å². The van der Waals surface area contributed by atoms with E-state index in [1.54, 1.807) is 0 Å². The van der Waals surface area contributed by atoms with Crippen molar-refractivity contribution < 1.29 is 0 Å². The van der Waals surface area contributed by atoms with Gasteiger partial charge in [-0.3, -0.25) is 0 Å². The van der Waals surface area contributed by atoms with E-state index in [2.05, 4.69) is 24.5 Å². The maximum Gasteiger partial charge on any atom is 0.0454 e. The molecule has 0 aliphatic rings. The van der Waals surface area contributed by atoms with Gasteiger partial charge in [-0.25, -0.2) is 0 Å². The molecule has 0 heterocycles. The maximum absolute atomic E-state index is 3.14. The van der Waals surface area contributed by atoms with Gasteiger partial charge in [-0.1, -0.05) is 13.8 Å². The van der Waals surface area contributed by atoms with E-state index in [1.807, 2.05) is 0 Å². The average molecular weight is 102 g/mol. The van der Waals surface area contributed by atoms with Crippen LogP contribution in [0.3, 0.4) is 0 Å². The van der Waals surface area contributed by atoms with Gasteiger partial charge in [0.2, 0.25) is 0 Å². The Kier molecular flexibility index (Phi) is 5.85. The van der Waals surface area contributed by atoms with Gasteiger partial charge in [-0.2, -0.15) is 0 Å². The first-order valence-corrected chi connectivity index (χ1v) is 2.83. The van der Waals surface area contributed by atoms with Crippen molar-refractivity contribution in [3.05, 3.63) is 0 Å². The Morgan fingerprint density at radius 2 is 1.43 bits per heavy atom. The Hall–Kier alpha value is -0.0800. The second-order valence-electron chi connectivity index (χ2n) is 1.38. The standard InChI is InChI=1S/C5H14N2/c1-3-6-5-7-4-2/h6-7H,3-5H2,1-2H3. The molecule has 0 bridgehead atoms. The highest BCUT2D eigenvalue weighted by molar-refractivity contribution is 4.36. The monoisotopic (exact) mass is 102 g/mol. The van der Waals surface area contributed by atoms with Crippen LogP contribution in [0.2, 0.25) is 0 Å². The molecular weight excluding hydrogens is 88.1 g/mol. The molecule has 0 aromatic carbocycles. The molecule has 0 saturated carbocycles. The van der Waals surface area contributed by atoms with Crippen molar-refractivity contribution in [2.24, 2.45) is 0 Å². The van der Waals surface area contributed by atoms with Gasteiger partial charge < -0.3 is 10.6 Å². The summed E-state index contributed by atoms with van der Waals surface area (Å²) in [4.78, 5) is 0. The van der Waals surface area contributed by atoms with E-state index in [0.29, 0.717) is 0 Å². The highest BCUT2D eigenvalue weighted by Gasteiger charge is 1.73. The van der Waals surface area contributed by atoms with Gasteiger partial charge in [0.25, 0.3) is 0 Å². The third-order valence-electron chi connectivity index (χ3n) is 0.750. The van der Waals surface area contributed by atoms with E-state index in [0.717, 1.165) is 19.8 Å².